The largest absolute Gasteiger partial charge is 0.416 e. The smallest absolute Gasteiger partial charge is 0.195 e. The van der Waals surface area contributed by atoms with Crippen molar-refractivity contribution in [3.63, 3.8) is 0 Å². The second-order valence-corrected chi connectivity index (χ2v) is 7.71. The molecule has 25 heavy (non-hydrogen) atoms. The predicted molar refractivity (Wildman–Crippen MR) is 77.7 cm³/mol. The van der Waals surface area contributed by atoms with Gasteiger partial charge in [-0.1, -0.05) is 0 Å². The minimum absolute atomic E-state index is 0.0117. The molecule has 11 heteroatoms. The maximum Gasteiger partial charge on any atom is 0.416 e. The molecule has 2 atom stereocenters. The number of nitrogens with one attached hydrogen (secondary N) is 1. The molecular formula is C14H16F6N2O2S. The maximum absolute atomic E-state index is 13.0. The molecule has 1 aromatic carbocycles. The fourth-order valence-electron chi connectivity index (χ4n) is 2.94. The number of nitrogens with zero attached hydrogens (tertiary/aromatic N) is 1. The summed E-state index contributed by atoms with van der Waals surface area (Å²) in [7, 11) is -4.01. The van der Waals surface area contributed by atoms with Gasteiger partial charge in [-0.25, -0.2) is 0 Å². The standard InChI is InChI=1S/C14H16F6N2O2S/c1-7(2)22-8(3)12(21-25(22,23)24)9-4-10(13(15,16)17)6-11(5-9)14(18,19)20/h4-8,12,21H,1-3H3/t8-,12+/m0/s1. The fourth-order valence-corrected chi connectivity index (χ4v) is 4.83. The molecule has 4 nitrogen and oxygen atoms in total. The summed E-state index contributed by atoms with van der Waals surface area (Å²) < 4.78 is 105. The van der Waals surface area contributed by atoms with Crippen LogP contribution in [0.4, 0.5) is 26.3 Å². The lowest BCUT2D eigenvalue weighted by molar-refractivity contribution is -0.143. The molecule has 1 aromatic rings. The first-order valence-corrected chi connectivity index (χ1v) is 8.69. The molecule has 1 saturated heterocycles. The van der Waals surface area contributed by atoms with Crippen LogP contribution in [0, 0.1) is 0 Å². The molecule has 0 aromatic heterocycles. The van der Waals surface area contributed by atoms with Crippen LogP contribution in [0.15, 0.2) is 18.2 Å². The number of halogens is 6. The van der Waals surface area contributed by atoms with Gasteiger partial charge in [-0.05, 0) is 44.5 Å². The summed E-state index contributed by atoms with van der Waals surface area (Å²) in [6, 6.07) is -1.49. The van der Waals surface area contributed by atoms with Crippen molar-refractivity contribution >= 4 is 10.2 Å². The Bertz CT molecular complexity index is 725. The number of hydrogen-bond acceptors (Lipinski definition) is 2. The first kappa shape index (κ1) is 20.0. The van der Waals surface area contributed by atoms with Crippen LogP contribution in [0.1, 0.15) is 43.5 Å². The third-order valence-corrected chi connectivity index (χ3v) is 5.78. The Morgan fingerprint density at radius 1 is 1.00 bits per heavy atom. The summed E-state index contributed by atoms with van der Waals surface area (Å²) in [5, 5.41) is 0. The summed E-state index contributed by atoms with van der Waals surface area (Å²) in [6.07, 6.45) is -9.98. The molecule has 0 spiro atoms. The van der Waals surface area contributed by atoms with Crippen LogP contribution in [-0.4, -0.2) is 24.8 Å². The Hall–Kier alpha value is -1.33. The van der Waals surface area contributed by atoms with Crippen LogP contribution in [0.3, 0.4) is 0 Å². The van der Waals surface area contributed by atoms with E-state index in [0.29, 0.717) is 12.1 Å². The zero-order valence-electron chi connectivity index (χ0n) is 13.4. The lowest BCUT2D eigenvalue weighted by Crippen LogP contribution is -2.38. The SMILES string of the molecule is CC(C)N1[C@@H](C)[C@H](c2cc(C(F)(F)F)cc(C(F)(F)F)c2)NS1(=O)=O. The minimum Gasteiger partial charge on any atom is -0.195 e. The van der Waals surface area contributed by atoms with Gasteiger partial charge in [0.25, 0.3) is 10.2 Å². The van der Waals surface area contributed by atoms with Gasteiger partial charge >= 0.3 is 12.4 Å². The van der Waals surface area contributed by atoms with Crippen molar-refractivity contribution in [1.82, 2.24) is 9.03 Å². The quantitative estimate of drug-likeness (QED) is 0.783. The van der Waals surface area contributed by atoms with E-state index in [4.69, 9.17) is 0 Å². The van der Waals surface area contributed by atoms with Crippen molar-refractivity contribution in [1.29, 1.82) is 0 Å². The maximum atomic E-state index is 13.0. The Balaban J connectivity index is 2.60. The molecule has 1 heterocycles. The van der Waals surface area contributed by atoms with Crippen molar-refractivity contribution in [3.8, 4) is 0 Å². The first-order chi connectivity index (χ1) is 11.1. The van der Waals surface area contributed by atoms with E-state index in [1.165, 1.54) is 6.92 Å². The Labute approximate surface area is 141 Å². The van der Waals surface area contributed by atoms with Gasteiger partial charge in [-0.3, -0.25) is 0 Å². The molecule has 1 aliphatic rings. The van der Waals surface area contributed by atoms with Gasteiger partial charge in [0.15, 0.2) is 0 Å². The second kappa shape index (κ2) is 6.13. The zero-order valence-corrected chi connectivity index (χ0v) is 14.2. The highest BCUT2D eigenvalue weighted by atomic mass is 32.2. The number of alkyl halides is 6. The predicted octanol–water partition coefficient (Wildman–Crippen LogP) is 3.71. The highest BCUT2D eigenvalue weighted by molar-refractivity contribution is 7.87. The molecule has 0 aliphatic carbocycles. The van der Waals surface area contributed by atoms with E-state index in [-0.39, 0.29) is 11.6 Å². The number of benzene rings is 1. The first-order valence-electron chi connectivity index (χ1n) is 7.25. The van der Waals surface area contributed by atoms with E-state index in [2.05, 4.69) is 4.72 Å². The van der Waals surface area contributed by atoms with E-state index in [1.807, 2.05) is 0 Å². The lowest BCUT2D eigenvalue weighted by Gasteiger charge is -2.25. The monoisotopic (exact) mass is 390 g/mol. The Morgan fingerprint density at radius 2 is 1.44 bits per heavy atom. The minimum atomic E-state index is -4.99. The molecule has 0 amide bonds. The molecule has 1 N–H and O–H groups in total. The molecule has 0 saturated carbocycles. The van der Waals surface area contributed by atoms with Crippen molar-refractivity contribution in [2.75, 3.05) is 0 Å². The van der Waals surface area contributed by atoms with Gasteiger partial charge in [0.1, 0.15) is 0 Å². The van der Waals surface area contributed by atoms with Gasteiger partial charge in [-0.2, -0.15) is 43.8 Å². The third-order valence-electron chi connectivity index (χ3n) is 3.92. The molecule has 2 rings (SSSR count). The normalized spacial score (nSPS) is 24.9. The summed E-state index contributed by atoms with van der Waals surface area (Å²) >= 11 is 0. The highest BCUT2D eigenvalue weighted by Gasteiger charge is 2.45. The van der Waals surface area contributed by atoms with Crippen LogP contribution in [-0.2, 0) is 22.6 Å². The average molecular weight is 390 g/mol. The van der Waals surface area contributed by atoms with E-state index < -0.39 is 51.8 Å². The van der Waals surface area contributed by atoms with Crippen molar-refractivity contribution in [3.05, 3.63) is 34.9 Å². The number of hydrogen-bond donors (Lipinski definition) is 1. The average Bonchev–Trinajstić information content (AvgIpc) is 2.66. The van der Waals surface area contributed by atoms with E-state index in [9.17, 15) is 34.8 Å². The molecule has 0 radical (unpaired) electrons. The summed E-state index contributed by atoms with van der Waals surface area (Å²) in [5.41, 5.74) is -3.35. The molecule has 0 unspecified atom stereocenters. The van der Waals surface area contributed by atoms with Crippen LogP contribution in [0.25, 0.3) is 0 Å². The van der Waals surface area contributed by atoms with E-state index >= 15 is 0 Å². The van der Waals surface area contributed by atoms with E-state index in [1.54, 1.807) is 13.8 Å². The van der Waals surface area contributed by atoms with Gasteiger partial charge in [0.05, 0.1) is 17.2 Å². The molecule has 1 fully saturated rings. The van der Waals surface area contributed by atoms with Crippen LogP contribution in [0.2, 0.25) is 0 Å². The van der Waals surface area contributed by atoms with Crippen LogP contribution in [0.5, 0.6) is 0 Å². The van der Waals surface area contributed by atoms with Crippen molar-refractivity contribution < 1.29 is 34.8 Å². The van der Waals surface area contributed by atoms with Gasteiger partial charge < -0.3 is 0 Å². The fraction of sp³-hybridized carbons (Fsp3) is 0.571. The molecule has 0 bridgehead atoms. The van der Waals surface area contributed by atoms with Crippen molar-refractivity contribution in [2.24, 2.45) is 0 Å². The highest BCUT2D eigenvalue weighted by Crippen LogP contribution is 2.40. The summed E-state index contributed by atoms with van der Waals surface area (Å²) in [6.45, 7) is 4.55. The topological polar surface area (TPSA) is 49.4 Å². The van der Waals surface area contributed by atoms with Gasteiger partial charge in [0.2, 0.25) is 0 Å². The molecule has 1 aliphatic heterocycles. The molecule has 142 valence electrons. The van der Waals surface area contributed by atoms with Crippen LogP contribution >= 0.6 is 0 Å². The summed E-state index contributed by atoms with van der Waals surface area (Å²) in [5.74, 6) is 0. The van der Waals surface area contributed by atoms with Crippen LogP contribution < -0.4 is 4.72 Å². The van der Waals surface area contributed by atoms with E-state index in [0.717, 1.165) is 4.31 Å². The Kier molecular flexibility index (Phi) is 4.90. The second-order valence-electron chi connectivity index (χ2n) is 6.10. The van der Waals surface area contributed by atoms with Gasteiger partial charge in [-0.15, -0.1) is 0 Å². The van der Waals surface area contributed by atoms with Crippen molar-refractivity contribution in [2.45, 2.75) is 51.2 Å². The summed E-state index contributed by atoms with van der Waals surface area (Å²) in [4.78, 5) is 0. The lowest BCUT2D eigenvalue weighted by atomic mass is 9.96. The van der Waals surface area contributed by atoms with Gasteiger partial charge in [0, 0.05) is 12.1 Å². The number of rotatable bonds is 2. The molecular weight excluding hydrogens is 374 g/mol. The zero-order chi connectivity index (χ0) is 19.4. The Morgan fingerprint density at radius 3 is 1.76 bits per heavy atom. The third kappa shape index (κ3) is 3.93.